The number of nitrogens with zero attached hydrogens (tertiary/aromatic N) is 4. The number of likely N-dealkylation sites (N-methyl/N-ethyl adjacent to an activating group) is 4. The fourth-order valence-electron chi connectivity index (χ4n) is 11.0. The highest BCUT2D eigenvalue weighted by atomic mass is 32.1. The van der Waals surface area contributed by atoms with Gasteiger partial charge in [0.25, 0.3) is 23.6 Å². The van der Waals surface area contributed by atoms with Crippen molar-refractivity contribution in [3.63, 3.8) is 0 Å². The number of thiophene rings is 2. The Morgan fingerprint density at radius 3 is 1.11 bits per heavy atom. The number of unbranched alkanes of at least 4 members (excludes halogenated alkanes) is 10. The molecule has 0 unspecified atom stereocenters. The minimum Gasteiger partial charge on any atom is -0.309 e. The van der Waals surface area contributed by atoms with Gasteiger partial charge in [0.05, 0.1) is 22.7 Å². The summed E-state index contributed by atoms with van der Waals surface area (Å²) < 4.78 is 0. The van der Waals surface area contributed by atoms with Gasteiger partial charge < -0.3 is 19.6 Å². The minimum atomic E-state index is -0.321. The van der Waals surface area contributed by atoms with Gasteiger partial charge in [-0.25, -0.2) is 0 Å². The predicted molar refractivity (Wildman–Crippen MR) is 298 cm³/mol. The van der Waals surface area contributed by atoms with Gasteiger partial charge in [-0.1, -0.05) is 139 Å². The lowest BCUT2D eigenvalue weighted by Gasteiger charge is -2.33. The van der Waals surface area contributed by atoms with Crippen LogP contribution in [0.4, 0.5) is 22.7 Å². The highest BCUT2D eigenvalue weighted by Gasteiger charge is 2.43. The molecule has 0 radical (unpaired) electrons. The molecule has 0 fully saturated rings. The summed E-state index contributed by atoms with van der Waals surface area (Å²) in [5.74, 6) is -1.28. The molecule has 4 heterocycles. The third-order valence-electron chi connectivity index (χ3n) is 15.0. The molecule has 1 aliphatic carbocycles. The van der Waals surface area contributed by atoms with Crippen LogP contribution in [-0.2, 0) is 24.6 Å². The van der Waals surface area contributed by atoms with Gasteiger partial charge in [-0.3, -0.25) is 19.2 Å². The monoisotopic (exact) mass is 982 g/mol. The van der Waals surface area contributed by atoms with Gasteiger partial charge in [0, 0.05) is 53.1 Å². The highest BCUT2D eigenvalue weighted by molar-refractivity contribution is 7.16. The van der Waals surface area contributed by atoms with E-state index in [1.165, 1.54) is 86.5 Å². The van der Waals surface area contributed by atoms with E-state index in [9.17, 15) is 19.2 Å². The van der Waals surface area contributed by atoms with Crippen molar-refractivity contribution in [2.75, 3.05) is 47.8 Å². The summed E-state index contributed by atoms with van der Waals surface area (Å²) in [4.78, 5) is 65.6. The summed E-state index contributed by atoms with van der Waals surface area (Å²) in [5, 5.41) is 0. The molecule has 4 amide bonds. The van der Waals surface area contributed by atoms with Gasteiger partial charge in [-0.15, -0.1) is 22.7 Å². The van der Waals surface area contributed by atoms with E-state index in [1.54, 1.807) is 82.6 Å². The van der Waals surface area contributed by atoms with Crippen molar-refractivity contribution in [3.05, 3.63) is 141 Å². The zero-order valence-corrected chi connectivity index (χ0v) is 43.8. The third-order valence-corrected chi connectivity index (χ3v) is 17.2. The lowest BCUT2D eigenvalue weighted by Crippen LogP contribution is -2.32. The summed E-state index contributed by atoms with van der Waals surface area (Å²) in [7, 11) is 6.92. The van der Waals surface area contributed by atoms with E-state index in [2.05, 4.69) is 62.4 Å². The Labute approximate surface area is 428 Å². The molecule has 6 aromatic rings. The molecule has 2 aliphatic heterocycles. The fourth-order valence-corrected chi connectivity index (χ4v) is 12.9. The molecule has 3 aliphatic rings. The van der Waals surface area contributed by atoms with E-state index in [0.717, 1.165) is 56.3 Å². The molecule has 0 bridgehead atoms. The lowest BCUT2D eigenvalue weighted by atomic mass is 9.70. The van der Waals surface area contributed by atoms with Crippen LogP contribution in [0.2, 0.25) is 0 Å². The molecule has 0 saturated heterocycles. The molecule has 8 nitrogen and oxygen atoms in total. The van der Waals surface area contributed by atoms with Gasteiger partial charge >= 0.3 is 0 Å². The van der Waals surface area contributed by atoms with Crippen LogP contribution in [0.5, 0.6) is 0 Å². The van der Waals surface area contributed by atoms with Gasteiger partial charge in [0.2, 0.25) is 0 Å². The number of para-hydroxylation sites is 4. The van der Waals surface area contributed by atoms with Crippen LogP contribution < -0.4 is 19.6 Å². The molecule has 0 N–H and O–H groups in total. The number of rotatable bonds is 18. The molecule has 0 saturated carbocycles. The number of amides is 4. The largest absolute Gasteiger partial charge is 0.309 e. The van der Waals surface area contributed by atoms with Crippen molar-refractivity contribution < 1.29 is 19.2 Å². The summed E-state index contributed by atoms with van der Waals surface area (Å²) in [6.45, 7) is 4.55. The Morgan fingerprint density at radius 1 is 0.423 bits per heavy atom. The molecule has 366 valence electrons. The van der Waals surface area contributed by atoms with Crippen molar-refractivity contribution in [1.82, 2.24) is 0 Å². The van der Waals surface area contributed by atoms with Crippen LogP contribution >= 0.6 is 22.7 Å². The molecule has 10 heteroatoms. The highest BCUT2D eigenvalue weighted by Crippen LogP contribution is 2.56. The number of fused-ring (bicyclic) bond motifs is 5. The van der Waals surface area contributed by atoms with E-state index in [4.69, 9.17) is 0 Å². The molecular weight excluding hydrogens is 917 g/mol. The quantitative estimate of drug-likeness (QED) is 0.0488. The van der Waals surface area contributed by atoms with E-state index in [0.29, 0.717) is 22.7 Å². The standard InChI is InChI=1S/C61H66N4O4S2/c1-7-9-11-13-15-21-35-61(36-22-16-14-12-10-8-2)49-37-41(55-33-29-43(70-55)39-47-57(66)62(3)51-23-17-18-24-52(51)63(4)58(47)67)27-31-45(49)46-32-28-42(38-50(46)61)56-34-30-44(71-56)40-48-59(68)64(5)53-25-19-20-26-54(53)65(6)60(48)69/h17-20,23-34,37-40H,7-16,21-22,35-36H2,1-6H3. The Hall–Kier alpha value is -6.36. The summed E-state index contributed by atoms with van der Waals surface area (Å²) in [6, 6.07) is 37.4. The molecule has 0 spiro atoms. The smallest absolute Gasteiger partial charge is 0.263 e. The topological polar surface area (TPSA) is 81.2 Å². The number of carbonyl (C=O) groups excluding carboxylic acids is 4. The average Bonchev–Trinajstić information content (AvgIpc) is 4.13. The van der Waals surface area contributed by atoms with Crippen LogP contribution in [0.3, 0.4) is 0 Å². The second kappa shape index (κ2) is 21.6. The maximum atomic E-state index is 13.8. The van der Waals surface area contributed by atoms with Gasteiger partial charge in [0.15, 0.2) is 0 Å². The number of hydrogen-bond acceptors (Lipinski definition) is 6. The second-order valence-electron chi connectivity index (χ2n) is 19.6. The SMILES string of the molecule is CCCCCCCCC1(CCCCCCCC)c2cc(-c3ccc(C=C4C(=O)N(C)c5ccccc5N(C)C4=O)s3)ccc2-c2ccc(-c3ccc(C=C4C(=O)N(C)c5ccccc5N(C)C4=O)s3)cc21. The zero-order chi connectivity index (χ0) is 49.8. The molecule has 9 rings (SSSR count). The fraction of sp³-hybridized carbons (Fsp3) is 0.344. The maximum absolute atomic E-state index is 13.8. The van der Waals surface area contributed by atoms with Crippen LogP contribution in [-0.4, -0.2) is 51.8 Å². The van der Waals surface area contributed by atoms with Crippen LogP contribution in [0.15, 0.2) is 120 Å². The molecule has 0 atom stereocenters. The first-order valence-electron chi connectivity index (χ1n) is 25.7. The molecule has 71 heavy (non-hydrogen) atoms. The first-order chi connectivity index (χ1) is 34.4. The number of hydrogen-bond donors (Lipinski definition) is 0. The summed E-state index contributed by atoms with van der Waals surface area (Å²) in [5.41, 5.74) is 10.5. The summed E-state index contributed by atoms with van der Waals surface area (Å²) >= 11 is 3.22. The molecular formula is C61H66N4O4S2. The first kappa shape index (κ1) is 49.6. The normalized spacial score (nSPS) is 15.2. The molecule has 2 aromatic heterocycles. The van der Waals surface area contributed by atoms with Crippen molar-refractivity contribution in [3.8, 4) is 32.0 Å². The van der Waals surface area contributed by atoms with Crippen molar-refractivity contribution >= 4 is 81.2 Å². The van der Waals surface area contributed by atoms with Gasteiger partial charge in [0.1, 0.15) is 11.1 Å². The van der Waals surface area contributed by atoms with Gasteiger partial charge in [-0.2, -0.15) is 0 Å². The Morgan fingerprint density at radius 2 is 0.761 bits per heavy atom. The molecule has 4 aromatic carbocycles. The minimum absolute atomic E-state index is 0.142. The summed E-state index contributed by atoms with van der Waals surface area (Å²) in [6.07, 6.45) is 20.3. The average molecular weight is 983 g/mol. The van der Waals surface area contributed by atoms with Gasteiger partial charge in [-0.05, 0) is 119 Å². The van der Waals surface area contributed by atoms with Crippen LogP contribution in [0, 0.1) is 0 Å². The zero-order valence-electron chi connectivity index (χ0n) is 42.2. The van der Waals surface area contributed by atoms with E-state index >= 15 is 0 Å². The third kappa shape index (κ3) is 9.73. The maximum Gasteiger partial charge on any atom is 0.263 e. The van der Waals surface area contributed by atoms with Crippen molar-refractivity contribution in [1.29, 1.82) is 0 Å². The van der Waals surface area contributed by atoms with Crippen LogP contribution in [0.1, 0.15) is 125 Å². The van der Waals surface area contributed by atoms with Crippen LogP contribution in [0.25, 0.3) is 44.2 Å². The van der Waals surface area contributed by atoms with Crippen molar-refractivity contribution in [2.45, 2.75) is 109 Å². The Kier molecular flexibility index (Phi) is 15.1. The van der Waals surface area contributed by atoms with E-state index < -0.39 is 0 Å². The van der Waals surface area contributed by atoms with E-state index in [1.807, 2.05) is 60.7 Å². The number of carbonyl (C=O) groups is 4. The van der Waals surface area contributed by atoms with Crippen molar-refractivity contribution in [2.24, 2.45) is 0 Å². The second-order valence-corrected chi connectivity index (χ2v) is 21.8. The Balaban J connectivity index is 1.08. The predicted octanol–water partition coefficient (Wildman–Crippen LogP) is 15.0. The first-order valence-corrected chi connectivity index (χ1v) is 27.3. The van der Waals surface area contributed by atoms with E-state index in [-0.39, 0.29) is 40.2 Å². The Bertz CT molecular complexity index is 2760. The lowest BCUT2D eigenvalue weighted by molar-refractivity contribution is -0.121. The number of benzene rings is 4. The number of anilines is 4.